The average molecular weight is 316 g/mol. The van der Waals surface area contributed by atoms with Crippen LogP contribution in [0.1, 0.15) is 16.7 Å². The van der Waals surface area contributed by atoms with Gasteiger partial charge in [0, 0.05) is 16.6 Å². The van der Waals surface area contributed by atoms with Crippen molar-refractivity contribution in [3.8, 4) is 5.75 Å². The quantitative estimate of drug-likeness (QED) is 0.785. The van der Waals surface area contributed by atoms with Gasteiger partial charge in [-0.3, -0.25) is 0 Å². The number of halogens is 1. The molecule has 1 aromatic rings. The van der Waals surface area contributed by atoms with Crippen molar-refractivity contribution in [3.05, 3.63) is 27.2 Å². The van der Waals surface area contributed by atoms with Crippen LogP contribution in [0.3, 0.4) is 0 Å². The normalized spacial score (nSPS) is 10.7. The fraction of sp³-hybridized carbons (Fsp3) is 0.571. The number of benzene rings is 1. The van der Waals surface area contributed by atoms with Gasteiger partial charge in [-0.15, -0.1) is 0 Å². The zero-order valence-corrected chi connectivity index (χ0v) is 13.2. The van der Waals surface area contributed by atoms with E-state index in [4.69, 9.17) is 9.47 Å². The molecular formula is C14H22BrNO2. The number of nitrogens with one attached hydrogen (secondary N) is 1. The van der Waals surface area contributed by atoms with Gasteiger partial charge in [0.2, 0.25) is 0 Å². The first-order chi connectivity index (χ1) is 8.61. The highest BCUT2D eigenvalue weighted by Crippen LogP contribution is 2.32. The van der Waals surface area contributed by atoms with E-state index < -0.39 is 0 Å². The van der Waals surface area contributed by atoms with Gasteiger partial charge >= 0.3 is 0 Å². The SMILES string of the molecule is CNCCOCCc1c(C)c(Br)cc(C)c1OC. The van der Waals surface area contributed by atoms with Crippen LogP contribution < -0.4 is 10.1 Å². The molecule has 0 unspecified atom stereocenters. The lowest BCUT2D eigenvalue weighted by Gasteiger charge is -2.16. The Hall–Kier alpha value is -0.580. The number of methoxy groups -OCH3 is 1. The Balaban J connectivity index is 2.74. The molecule has 0 radical (unpaired) electrons. The second-order valence-electron chi connectivity index (χ2n) is 4.28. The lowest BCUT2D eigenvalue weighted by atomic mass is 10.0. The first-order valence-corrected chi connectivity index (χ1v) is 6.96. The van der Waals surface area contributed by atoms with E-state index in [0.29, 0.717) is 0 Å². The van der Waals surface area contributed by atoms with Gasteiger partial charge < -0.3 is 14.8 Å². The number of aryl methyl sites for hydroxylation is 1. The molecule has 3 nitrogen and oxygen atoms in total. The van der Waals surface area contributed by atoms with Gasteiger partial charge in [0.05, 0.1) is 20.3 Å². The highest BCUT2D eigenvalue weighted by molar-refractivity contribution is 9.10. The number of likely N-dealkylation sites (N-methyl/N-ethyl adjacent to an activating group) is 1. The Bertz CT molecular complexity index is 394. The van der Waals surface area contributed by atoms with Crippen molar-refractivity contribution in [1.82, 2.24) is 5.32 Å². The molecular weight excluding hydrogens is 294 g/mol. The fourth-order valence-electron chi connectivity index (χ4n) is 1.95. The van der Waals surface area contributed by atoms with Gasteiger partial charge in [0.1, 0.15) is 5.75 Å². The van der Waals surface area contributed by atoms with Crippen molar-refractivity contribution < 1.29 is 9.47 Å². The van der Waals surface area contributed by atoms with Crippen LogP contribution in [-0.2, 0) is 11.2 Å². The third kappa shape index (κ3) is 3.97. The topological polar surface area (TPSA) is 30.5 Å². The number of ether oxygens (including phenoxy) is 2. The highest BCUT2D eigenvalue weighted by atomic mass is 79.9. The van der Waals surface area contributed by atoms with E-state index >= 15 is 0 Å². The summed E-state index contributed by atoms with van der Waals surface area (Å²) in [6, 6.07) is 2.10. The predicted octanol–water partition coefficient (Wildman–Crippen LogP) is 2.85. The molecule has 1 N–H and O–H groups in total. The van der Waals surface area contributed by atoms with Crippen LogP contribution in [0.5, 0.6) is 5.75 Å². The molecule has 0 aliphatic heterocycles. The van der Waals surface area contributed by atoms with Crippen molar-refractivity contribution in [2.24, 2.45) is 0 Å². The lowest BCUT2D eigenvalue weighted by Crippen LogP contribution is -2.15. The Kier molecular flexibility index (Phi) is 6.68. The summed E-state index contributed by atoms with van der Waals surface area (Å²) in [6.07, 6.45) is 0.874. The van der Waals surface area contributed by atoms with E-state index in [1.54, 1.807) is 7.11 Å². The van der Waals surface area contributed by atoms with Crippen LogP contribution in [0, 0.1) is 13.8 Å². The van der Waals surface area contributed by atoms with Crippen molar-refractivity contribution >= 4 is 15.9 Å². The highest BCUT2D eigenvalue weighted by Gasteiger charge is 2.12. The maximum absolute atomic E-state index is 5.58. The zero-order chi connectivity index (χ0) is 13.5. The second-order valence-corrected chi connectivity index (χ2v) is 5.13. The molecule has 0 aliphatic carbocycles. The minimum atomic E-state index is 0.717. The third-order valence-corrected chi connectivity index (χ3v) is 3.81. The summed E-state index contributed by atoms with van der Waals surface area (Å²) in [5.74, 6) is 0.980. The number of hydrogen-bond donors (Lipinski definition) is 1. The summed E-state index contributed by atoms with van der Waals surface area (Å²) >= 11 is 3.59. The van der Waals surface area contributed by atoms with E-state index in [-0.39, 0.29) is 0 Å². The maximum atomic E-state index is 5.58. The van der Waals surface area contributed by atoms with Crippen LogP contribution in [-0.4, -0.2) is 33.9 Å². The molecule has 0 amide bonds. The smallest absolute Gasteiger partial charge is 0.125 e. The molecule has 0 atom stereocenters. The molecule has 0 saturated heterocycles. The molecule has 1 aromatic carbocycles. The van der Waals surface area contributed by atoms with E-state index in [9.17, 15) is 0 Å². The standard InChI is InChI=1S/C14H22BrNO2/c1-10-9-13(15)11(2)12(14(10)17-4)5-7-18-8-6-16-3/h9,16H,5-8H2,1-4H3. The van der Waals surface area contributed by atoms with Crippen molar-refractivity contribution in [1.29, 1.82) is 0 Å². The predicted molar refractivity (Wildman–Crippen MR) is 78.6 cm³/mol. The van der Waals surface area contributed by atoms with E-state index in [1.807, 2.05) is 7.05 Å². The molecule has 0 fully saturated rings. The summed E-state index contributed by atoms with van der Waals surface area (Å²) in [4.78, 5) is 0. The summed E-state index contributed by atoms with van der Waals surface area (Å²) in [5, 5.41) is 3.06. The van der Waals surface area contributed by atoms with Crippen molar-refractivity contribution in [2.45, 2.75) is 20.3 Å². The van der Waals surface area contributed by atoms with Crippen LogP contribution in [0.15, 0.2) is 10.5 Å². The lowest BCUT2D eigenvalue weighted by molar-refractivity contribution is 0.139. The van der Waals surface area contributed by atoms with Crippen molar-refractivity contribution in [2.75, 3.05) is 33.9 Å². The van der Waals surface area contributed by atoms with Gasteiger partial charge in [-0.1, -0.05) is 15.9 Å². The van der Waals surface area contributed by atoms with Crippen LogP contribution in [0.4, 0.5) is 0 Å². The largest absolute Gasteiger partial charge is 0.496 e. The third-order valence-electron chi connectivity index (χ3n) is 2.98. The molecule has 0 aliphatic rings. The van der Waals surface area contributed by atoms with E-state index in [2.05, 4.69) is 41.2 Å². The Morgan fingerprint density at radius 1 is 1.28 bits per heavy atom. The summed E-state index contributed by atoms with van der Waals surface area (Å²) in [7, 11) is 3.65. The maximum Gasteiger partial charge on any atom is 0.125 e. The molecule has 4 heteroatoms. The van der Waals surface area contributed by atoms with Crippen molar-refractivity contribution in [3.63, 3.8) is 0 Å². The summed E-state index contributed by atoms with van der Waals surface area (Å²) in [6.45, 7) is 6.51. The van der Waals surface area contributed by atoms with Gasteiger partial charge in [-0.25, -0.2) is 0 Å². The van der Waals surface area contributed by atoms with E-state index in [1.165, 1.54) is 11.1 Å². The van der Waals surface area contributed by atoms with Crippen LogP contribution in [0.25, 0.3) is 0 Å². The Morgan fingerprint density at radius 2 is 2.00 bits per heavy atom. The first kappa shape index (κ1) is 15.5. The molecule has 0 saturated carbocycles. The zero-order valence-electron chi connectivity index (χ0n) is 11.6. The monoisotopic (exact) mass is 315 g/mol. The summed E-state index contributed by atoms with van der Waals surface area (Å²) in [5.41, 5.74) is 3.61. The Labute approximate surface area is 118 Å². The van der Waals surface area contributed by atoms with Gasteiger partial charge in [0.15, 0.2) is 0 Å². The van der Waals surface area contributed by atoms with Gasteiger partial charge in [-0.2, -0.15) is 0 Å². The van der Waals surface area contributed by atoms with Gasteiger partial charge in [-0.05, 0) is 44.5 Å². The number of hydrogen-bond acceptors (Lipinski definition) is 3. The minimum Gasteiger partial charge on any atom is -0.496 e. The molecule has 0 bridgehead atoms. The van der Waals surface area contributed by atoms with Crippen LogP contribution >= 0.6 is 15.9 Å². The summed E-state index contributed by atoms with van der Waals surface area (Å²) < 4.78 is 12.2. The molecule has 0 spiro atoms. The molecule has 18 heavy (non-hydrogen) atoms. The molecule has 102 valence electrons. The van der Waals surface area contributed by atoms with Gasteiger partial charge in [0.25, 0.3) is 0 Å². The molecule has 0 aromatic heterocycles. The second kappa shape index (κ2) is 7.77. The average Bonchev–Trinajstić information content (AvgIpc) is 2.35. The molecule has 0 heterocycles. The number of rotatable bonds is 7. The Morgan fingerprint density at radius 3 is 2.61 bits per heavy atom. The molecule has 1 rings (SSSR count). The van der Waals surface area contributed by atoms with Crippen LogP contribution in [0.2, 0.25) is 0 Å². The minimum absolute atomic E-state index is 0.717. The van der Waals surface area contributed by atoms with E-state index in [0.717, 1.165) is 42.0 Å². The first-order valence-electron chi connectivity index (χ1n) is 6.16. The fourth-order valence-corrected chi connectivity index (χ4v) is 2.53.